The first kappa shape index (κ1) is 68.8. The molecular formula is C58H92N6O21S2. The van der Waals surface area contributed by atoms with E-state index >= 15 is 0 Å². The number of aromatic hydroxyl groups is 1. The monoisotopic (exact) mass is 1270 g/mol. The highest BCUT2D eigenvalue weighted by Crippen LogP contribution is 2.35. The van der Waals surface area contributed by atoms with Gasteiger partial charge in [0.25, 0.3) is 20.0 Å². The maximum Gasteiger partial charge on any atom is 0.407 e. The molecule has 6 heterocycles. The van der Waals surface area contributed by atoms with Crippen molar-refractivity contribution in [3.8, 4) is 11.5 Å². The number of carbonyl (C=O) groups is 2. The lowest BCUT2D eigenvalue weighted by atomic mass is 10.0. The van der Waals surface area contributed by atoms with Crippen LogP contribution >= 0.6 is 0 Å². The van der Waals surface area contributed by atoms with Gasteiger partial charge >= 0.3 is 12.2 Å². The Hall–Kier alpha value is -4.12. The molecule has 27 nitrogen and oxygen atoms in total. The minimum atomic E-state index is -4.14. The van der Waals surface area contributed by atoms with E-state index in [1.807, 2.05) is 0 Å². The van der Waals surface area contributed by atoms with Gasteiger partial charge in [-0.3, -0.25) is 19.5 Å². The van der Waals surface area contributed by atoms with Crippen molar-refractivity contribution in [3.05, 3.63) is 48.5 Å². The number of amides is 2. The van der Waals surface area contributed by atoms with Gasteiger partial charge in [0.15, 0.2) is 12.6 Å². The third kappa shape index (κ3) is 20.2. The number of sulfonamides is 2. The molecule has 0 radical (unpaired) electrons. The van der Waals surface area contributed by atoms with Crippen LogP contribution in [0, 0.1) is 11.8 Å². The van der Waals surface area contributed by atoms with Crippen LogP contribution in [0.15, 0.2) is 58.3 Å². The second-order valence-corrected chi connectivity index (χ2v) is 26.5. The van der Waals surface area contributed by atoms with Crippen molar-refractivity contribution in [3.63, 3.8) is 0 Å². The third-order valence-corrected chi connectivity index (χ3v) is 20.1. The number of hydrogen-bond acceptors (Lipinski definition) is 23. The number of hydrogen-bond donors (Lipinski definition) is 6. The summed E-state index contributed by atoms with van der Waals surface area (Å²) in [7, 11) is -8.27. The van der Waals surface area contributed by atoms with Crippen LogP contribution in [0.25, 0.3) is 0 Å². The first-order chi connectivity index (χ1) is 42.0. The van der Waals surface area contributed by atoms with E-state index in [0.29, 0.717) is 51.6 Å². The summed E-state index contributed by atoms with van der Waals surface area (Å²) < 4.78 is 105. The summed E-state index contributed by atoms with van der Waals surface area (Å²) in [5.41, 5.74) is 0. The number of rotatable bonds is 26. The SMILES string of the molecule is CCC(NC(=O)O[C@H]1CO[C@H]2OCC[C@H]21)[C@H](O)CN(OC1CCCC1)S(=O)(=O)c1ccc(O)cc1.CCC(NC(=O)O[C@H]1CO[C@H]2OCC[C@H]21)[C@H](O)CN(OC1CCCC1)S(=O)(=O)c1ccc(OCCN2CCOCC2)cc1.OCCN1CCOCC1. The number of carbonyl (C=O) groups excluding carboxylic acids is 2. The maximum absolute atomic E-state index is 13.7. The molecule has 6 N–H and O–H groups in total. The van der Waals surface area contributed by atoms with Gasteiger partial charge in [0.05, 0.1) is 131 Å². The topological polar surface area (TPSA) is 322 Å². The fourth-order valence-corrected chi connectivity index (χ4v) is 14.2. The highest BCUT2D eigenvalue weighted by atomic mass is 32.2. The van der Waals surface area contributed by atoms with Crippen LogP contribution < -0.4 is 15.4 Å². The van der Waals surface area contributed by atoms with Gasteiger partial charge in [-0.2, -0.15) is 0 Å². The molecule has 2 aromatic carbocycles. The normalized spacial score (nSPS) is 26.0. The van der Waals surface area contributed by atoms with Crippen LogP contribution in [0.1, 0.15) is 90.9 Å². The average Bonchev–Trinajstić information content (AvgIpc) is 2.53. The molecule has 6 saturated heterocycles. The molecule has 2 amide bonds. The number of aliphatic hydroxyl groups is 3. The standard InChI is InChI=1S/C29H45N3O10S.C23H34N2O9S.C6H13NO2/c1-2-25(30-29(34)41-27-20-40-28-24(27)11-15-39-28)26(33)19-32(42-22-5-3-4-6-22)43(35,36)23-9-7-21(8-10-23)38-18-14-31-12-16-37-17-13-31;1-2-19(24-23(28)33-21-14-32-22-18(21)11-12-31-22)20(27)13-25(34-16-5-3-4-6-16)35(29,30)17-9-7-15(26)8-10-17;8-4-1-7-2-5-9-6-3-7/h7-10,22,24-28,33H,2-6,11-20H2,1H3,(H,30,34);7-10,16,18-22,26-27H,2-6,11-14H2,1H3,(H,24,28);8H,1-6H2/t24-,25?,26+,27-,28+;18-,19?,20+,21-,22+;/m00./s1. The van der Waals surface area contributed by atoms with Crippen molar-refractivity contribution in [2.75, 3.05) is 118 Å². The average molecular weight is 1270 g/mol. The molecule has 6 aliphatic heterocycles. The minimum Gasteiger partial charge on any atom is -0.508 e. The Morgan fingerprint density at radius 2 is 1.01 bits per heavy atom. The summed E-state index contributed by atoms with van der Waals surface area (Å²) in [4.78, 5) is 41.5. The number of phenolic OH excluding ortho intramolecular Hbond substituents is 1. The van der Waals surface area contributed by atoms with E-state index in [0.717, 1.165) is 126 Å². The van der Waals surface area contributed by atoms with Crippen LogP contribution in [0.4, 0.5) is 9.59 Å². The zero-order valence-corrected chi connectivity index (χ0v) is 51.7. The summed E-state index contributed by atoms with van der Waals surface area (Å²) in [6.07, 6.45) is 2.78. The first-order valence-corrected chi connectivity index (χ1v) is 33.8. The molecule has 2 aromatic rings. The van der Waals surface area contributed by atoms with E-state index in [1.165, 1.54) is 36.4 Å². The summed E-state index contributed by atoms with van der Waals surface area (Å²) in [5.74, 6) is 0.464. The second-order valence-electron chi connectivity index (χ2n) is 22.8. The van der Waals surface area contributed by atoms with Gasteiger partial charge in [-0.25, -0.2) is 26.4 Å². The van der Waals surface area contributed by atoms with E-state index in [2.05, 4.69) is 20.4 Å². The highest BCUT2D eigenvalue weighted by Gasteiger charge is 2.46. The Morgan fingerprint density at radius 3 is 1.43 bits per heavy atom. The third-order valence-electron chi connectivity index (χ3n) is 16.8. The summed E-state index contributed by atoms with van der Waals surface area (Å²) >= 11 is 0. The van der Waals surface area contributed by atoms with Gasteiger partial charge < -0.3 is 73.7 Å². The smallest absolute Gasteiger partial charge is 0.407 e. The summed E-state index contributed by atoms with van der Waals surface area (Å²) in [5, 5.41) is 45.5. The molecule has 2 unspecified atom stereocenters. The fourth-order valence-electron chi connectivity index (χ4n) is 11.6. The Morgan fingerprint density at radius 1 is 0.598 bits per heavy atom. The van der Waals surface area contributed by atoms with Gasteiger partial charge in [0.2, 0.25) is 0 Å². The van der Waals surface area contributed by atoms with Gasteiger partial charge in [0.1, 0.15) is 30.3 Å². The zero-order chi connectivity index (χ0) is 61.8. The molecule has 10 rings (SSSR count). The highest BCUT2D eigenvalue weighted by molar-refractivity contribution is 7.89. The van der Waals surface area contributed by atoms with Crippen molar-refractivity contribution < 1.29 is 99.2 Å². The van der Waals surface area contributed by atoms with Crippen LogP contribution in [0.2, 0.25) is 0 Å². The first-order valence-electron chi connectivity index (χ1n) is 30.9. The fraction of sp³-hybridized carbons (Fsp3) is 0.759. The minimum absolute atomic E-state index is 0.0160. The van der Waals surface area contributed by atoms with Crippen LogP contribution in [0.3, 0.4) is 0 Å². The zero-order valence-electron chi connectivity index (χ0n) is 50.1. The van der Waals surface area contributed by atoms with E-state index < -0.39 is 68.7 Å². The van der Waals surface area contributed by atoms with Gasteiger partial charge in [-0.05, 0) is 99.9 Å². The number of ether oxygens (including phenoxy) is 9. The largest absolute Gasteiger partial charge is 0.508 e. The molecule has 0 spiro atoms. The lowest BCUT2D eigenvalue weighted by Gasteiger charge is -2.30. The molecule has 2 aliphatic carbocycles. The lowest BCUT2D eigenvalue weighted by molar-refractivity contribution is -0.145. The Bertz CT molecular complexity index is 2590. The van der Waals surface area contributed by atoms with Crippen molar-refractivity contribution >= 4 is 32.2 Å². The number of nitrogens with zero attached hydrogens (tertiary/aromatic N) is 4. The molecule has 10 atom stereocenters. The molecule has 2 saturated carbocycles. The Kier molecular flexibility index (Phi) is 27.2. The number of benzene rings is 2. The number of hydroxylamine groups is 2. The Balaban J connectivity index is 0.000000200. The summed E-state index contributed by atoms with van der Waals surface area (Å²) in [6.45, 7) is 13.5. The lowest BCUT2D eigenvalue weighted by Crippen LogP contribution is -2.50. The molecule has 29 heteroatoms. The van der Waals surface area contributed by atoms with Crippen molar-refractivity contribution in [2.24, 2.45) is 11.8 Å². The maximum atomic E-state index is 13.7. The predicted molar refractivity (Wildman–Crippen MR) is 311 cm³/mol. The number of phenols is 1. The van der Waals surface area contributed by atoms with Gasteiger partial charge in [-0.15, -0.1) is 0 Å². The number of alkyl carbamates (subject to hydrolysis) is 2. The quantitative estimate of drug-likeness (QED) is 0.0737. The van der Waals surface area contributed by atoms with E-state index in [9.17, 15) is 41.7 Å². The van der Waals surface area contributed by atoms with Crippen molar-refractivity contribution in [2.45, 2.75) is 162 Å². The van der Waals surface area contributed by atoms with Crippen molar-refractivity contribution in [1.82, 2.24) is 29.4 Å². The number of β-amino-alcohol motifs (C(OH)–C–C–N with tert-alkyl or cyclic N) is 1. The molecule has 8 aliphatic rings. The Labute approximate surface area is 511 Å². The van der Waals surface area contributed by atoms with Crippen molar-refractivity contribution in [1.29, 1.82) is 0 Å². The van der Waals surface area contributed by atoms with Crippen LogP contribution in [0.5, 0.6) is 11.5 Å². The number of nitrogens with one attached hydrogen (secondary N) is 2. The second kappa shape index (κ2) is 34.3. The molecule has 0 bridgehead atoms. The van der Waals surface area contributed by atoms with E-state index in [-0.39, 0.29) is 85.1 Å². The molecule has 0 aromatic heterocycles. The van der Waals surface area contributed by atoms with E-state index in [1.54, 1.807) is 26.0 Å². The number of aliphatic hydroxyl groups excluding tert-OH is 3. The molecule has 8 fully saturated rings. The van der Waals surface area contributed by atoms with E-state index in [4.69, 9.17) is 57.4 Å². The van der Waals surface area contributed by atoms with Gasteiger partial charge in [0, 0.05) is 39.3 Å². The number of morpholine rings is 2. The van der Waals surface area contributed by atoms with Gasteiger partial charge in [-0.1, -0.05) is 48.5 Å². The molecule has 87 heavy (non-hydrogen) atoms. The predicted octanol–water partition coefficient (Wildman–Crippen LogP) is 3.08. The van der Waals surface area contributed by atoms with Crippen LogP contribution in [-0.2, 0) is 67.6 Å². The molecule has 492 valence electrons. The van der Waals surface area contributed by atoms with Crippen LogP contribution in [-0.4, -0.2) is 248 Å². The molecular weight excluding hydrogens is 1180 g/mol. The number of fused-ring (bicyclic) bond motifs is 2. The summed E-state index contributed by atoms with van der Waals surface area (Å²) in [6, 6.07) is 9.76.